The fourth-order valence-corrected chi connectivity index (χ4v) is 9.03. The minimum atomic E-state index is -1.57. The third-order valence-electron chi connectivity index (χ3n) is 13.6. The first kappa shape index (κ1) is 64.2. The Kier molecular flexibility index (Phi) is 46.0. The van der Waals surface area contributed by atoms with Crippen LogP contribution in [0.15, 0.2) is 48.6 Å². The second kappa shape index (κ2) is 48.8. The summed E-state index contributed by atoms with van der Waals surface area (Å²) in [7, 11) is 0. The highest BCUT2D eigenvalue weighted by Gasteiger charge is 2.44. The molecule has 1 saturated heterocycles. The molecule has 0 aromatic heterocycles. The van der Waals surface area contributed by atoms with Crippen molar-refractivity contribution in [3.63, 3.8) is 0 Å². The average molecular weight is 961 g/mol. The van der Waals surface area contributed by atoms with Gasteiger partial charge in [0.05, 0.1) is 25.4 Å². The highest BCUT2D eigenvalue weighted by molar-refractivity contribution is 5.76. The van der Waals surface area contributed by atoms with E-state index in [-0.39, 0.29) is 12.5 Å². The number of aliphatic hydroxyl groups excluding tert-OH is 5. The van der Waals surface area contributed by atoms with Crippen LogP contribution in [0, 0.1) is 0 Å². The van der Waals surface area contributed by atoms with Crippen molar-refractivity contribution in [1.29, 1.82) is 0 Å². The number of unbranched alkanes of at least 4 members (excludes halogenated alkanes) is 33. The van der Waals surface area contributed by atoms with Crippen molar-refractivity contribution < 1.29 is 39.8 Å². The van der Waals surface area contributed by atoms with Gasteiger partial charge >= 0.3 is 0 Å². The predicted octanol–water partition coefficient (Wildman–Crippen LogP) is 14.1. The minimum Gasteiger partial charge on any atom is -0.394 e. The summed E-state index contributed by atoms with van der Waals surface area (Å²) >= 11 is 0. The van der Waals surface area contributed by atoms with Gasteiger partial charge in [-0.1, -0.05) is 242 Å². The van der Waals surface area contributed by atoms with Gasteiger partial charge < -0.3 is 40.3 Å². The summed E-state index contributed by atoms with van der Waals surface area (Å²) in [5.41, 5.74) is 0. The largest absolute Gasteiger partial charge is 0.394 e. The lowest BCUT2D eigenvalue weighted by molar-refractivity contribution is -0.302. The molecular weight excluding hydrogens is 851 g/mol. The monoisotopic (exact) mass is 960 g/mol. The number of hydrogen-bond acceptors (Lipinski definition) is 8. The van der Waals surface area contributed by atoms with Crippen LogP contribution >= 0.6 is 0 Å². The highest BCUT2D eigenvalue weighted by Crippen LogP contribution is 2.23. The molecule has 0 aromatic carbocycles. The summed E-state index contributed by atoms with van der Waals surface area (Å²) in [6, 6.07) is -0.820. The van der Waals surface area contributed by atoms with Crippen molar-refractivity contribution in [2.45, 2.75) is 307 Å². The average Bonchev–Trinajstić information content (AvgIpc) is 3.34. The Morgan fingerprint density at radius 1 is 0.500 bits per heavy atom. The van der Waals surface area contributed by atoms with Gasteiger partial charge in [0.2, 0.25) is 5.91 Å². The second-order valence-electron chi connectivity index (χ2n) is 20.1. The van der Waals surface area contributed by atoms with Crippen LogP contribution in [0.4, 0.5) is 0 Å². The van der Waals surface area contributed by atoms with E-state index >= 15 is 0 Å². The predicted molar refractivity (Wildman–Crippen MR) is 286 cm³/mol. The zero-order valence-electron chi connectivity index (χ0n) is 44.1. The first-order valence-electron chi connectivity index (χ1n) is 28.9. The van der Waals surface area contributed by atoms with Crippen molar-refractivity contribution in [1.82, 2.24) is 5.32 Å². The normalized spacial score (nSPS) is 19.9. The molecule has 7 atom stereocenters. The molecule has 0 saturated carbocycles. The van der Waals surface area contributed by atoms with Gasteiger partial charge in [0.15, 0.2) is 6.29 Å². The van der Waals surface area contributed by atoms with E-state index in [4.69, 9.17) is 9.47 Å². The highest BCUT2D eigenvalue weighted by atomic mass is 16.7. The van der Waals surface area contributed by atoms with Crippen LogP contribution in [-0.4, -0.2) is 87.5 Å². The molecule has 0 radical (unpaired) electrons. The van der Waals surface area contributed by atoms with Gasteiger partial charge in [-0.3, -0.25) is 4.79 Å². The van der Waals surface area contributed by atoms with E-state index in [9.17, 15) is 30.3 Å². The molecule has 6 N–H and O–H groups in total. The van der Waals surface area contributed by atoms with Crippen LogP contribution in [0.25, 0.3) is 0 Å². The molecule has 1 aliphatic rings. The molecule has 1 aliphatic heterocycles. The van der Waals surface area contributed by atoms with Crippen LogP contribution < -0.4 is 5.32 Å². The molecule has 0 aliphatic carbocycles. The Morgan fingerprint density at radius 3 is 1.34 bits per heavy atom. The molecule has 1 heterocycles. The molecule has 9 nitrogen and oxygen atoms in total. The van der Waals surface area contributed by atoms with Crippen molar-refractivity contribution >= 4 is 5.91 Å². The maximum Gasteiger partial charge on any atom is 0.220 e. The van der Waals surface area contributed by atoms with E-state index < -0.39 is 49.5 Å². The van der Waals surface area contributed by atoms with Crippen LogP contribution in [0.3, 0.4) is 0 Å². The number of ether oxygens (including phenoxy) is 2. The zero-order valence-corrected chi connectivity index (χ0v) is 44.1. The van der Waals surface area contributed by atoms with E-state index in [0.29, 0.717) is 6.42 Å². The Balaban J connectivity index is 2.07. The molecule has 0 spiro atoms. The number of aliphatic hydroxyl groups is 5. The van der Waals surface area contributed by atoms with Gasteiger partial charge in [-0.05, 0) is 64.2 Å². The van der Waals surface area contributed by atoms with Gasteiger partial charge in [-0.15, -0.1) is 0 Å². The van der Waals surface area contributed by atoms with Crippen molar-refractivity contribution in [3.8, 4) is 0 Å². The summed E-state index contributed by atoms with van der Waals surface area (Å²) in [5.74, 6) is -0.187. The third kappa shape index (κ3) is 37.9. The molecule has 7 unspecified atom stereocenters. The number of nitrogens with one attached hydrogen (secondary N) is 1. The van der Waals surface area contributed by atoms with E-state index in [1.807, 2.05) is 6.08 Å². The van der Waals surface area contributed by atoms with E-state index in [1.54, 1.807) is 6.08 Å². The third-order valence-corrected chi connectivity index (χ3v) is 13.6. The van der Waals surface area contributed by atoms with Crippen LogP contribution in [-0.2, 0) is 14.3 Å². The van der Waals surface area contributed by atoms with Gasteiger partial charge in [0.1, 0.15) is 24.4 Å². The number of amides is 1. The lowest BCUT2D eigenvalue weighted by Crippen LogP contribution is -2.60. The van der Waals surface area contributed by atoms with Gasteiger partial charge in [-0.2, -0.15) is 0 Å². The van der Waals surface area contributed by atoms with Crippen LogP contribution in [0.2, 0.25) is 0 Å². The minimum absolute atomic E-state index is 0.187. The fourth-order valence-electron chi connectivity index (χ4n) is 9.03. The lowest BCUT2D eigenvalue weighted by Gasteiger charge is -2.40. The quantitative estimate of drug-likeness (QED) is 0.0261. The maximum absolute atomic E-state index is 13.0. The smallest absolute Gasteiger partial charge is 0.220 e. The first-order valence-corrected chi connectivity index (χ1v) is 28.9. The molecule has 1 fully saturated rings. The standard InChI is InChI=1S/C59H109NO8/c1-3-5-7-9-11-13-15-16-17-18-19-20-21-22-23-24-25-26-27-28-29-30-31-32-33-34-35-36-37-38-39-41-43-45-47-49-55(63)60-52(51-67-59-58(66)57(65)56(64)54(50-61)68-59)53(62)48-46-44-42-40-14-12-10-8-6-4-2/h14,21-22,24-25,40,46,48,52-54,56-59,61-62,64-66H,3-13,15-20,23,26-39,41-45,47,49-51H2,1-2H3,(H,60,63)/b22-21-,25-24-,40-14+,48-46+. The van der Waals surface area contributed by atoms with Crippen molar-refractivity contribution in [2.24, 2.45) is 0 Å². The molecule has 1 rings (SSSR count). The molecule has 68 heavy (non-hydrogen) atoms. The van der Waals surface area contributed by atoms with Crippen molar-refractivity contribution in [2.75, 3.05) is 13.2 Å². The van der Waals surface area contributed by atoms with Crippen LogP contribution in [0.1, 0.15) is 264 Å². The Hall–Kier alpha value is -1.85. The summed E-state index contributed by atoms with van der Waals surface area (Å²) in [4.78, 5) is 13.0. The van der Waals surface area contributed by atoms with Gasteiger partial charge in [-0.25, -0.2) is 0 Å². The van der Waals surface area contributed by atoms with E-state index in [1.165, 1.54) is 199 Å². The molecule has 398 valence electrons. The van der Waals surface area contributed by atoms with Gasteiger partial charge in [0.25, 0.3) is 0 Å². The van der Waals surface area contributed by atoms with Crippen LogP contribution in [0.5, 0.6) is 0 Å². The summed E-state index contributed by atoms with van der Waals surface area (Å²) < 4.78 is 11.2. The number of rotatable bonds is 49. The maximum atomic E-state index is 13.0. The fraction of sp³-hybridized carbons (Fsp3) is 0.847. The lowest BCUT2D eigenvalue weighted by atomic mass is 9.99. The SMILES string of the molecule is CCCCCC/C=C/CC/C=C/C(O)C(COC1OC(CO)C(O)C(O)C1O)NC(=O)CCCCCCCCCCCCCCCCCCC/C=C\C/C=C\CCCCCCCCCCCCC. The first-order chi connectivity index (χ1) is 33.3. The Morgan fingerprint density at radius 2 is 0.882 bits per heavy atom. The zero-order chi connectivity index (χ0) is 49.4. The number of hydrogen-bond donors (Lipinski definition) is 6. The molecule has 0 bridgehead atoms. The molecular formula is C59H109NO8. The number of carbonyl (C=O) groups excluding carboxylic acids is 1. The molecule has 1 amide bonds. The second-order valence-corrected chi connectivity index (χ2v) is 20.1. The van der Waals surface area contributed by atoms with E-state index in [0.717, 1.165) is 44.9 Å². The van der Waals surface area contributed by atoms with Crippen molar-refractivity contribution in [3.05, 3.63) is 48.6 Å². The number of carbonyl (C=O) groups is 1. The number of allylic oxidation sites excluding steroid dienone is 7. The summed E-state index contributed by atoms with van der Waals surface area (Å²) in [5, 5.41) is 54.2. The van der Waals surface area contributed by atoms with E-state index in [2.05, 4.69) is 55.6 Å². The summed E-state index contributed by atoms with van der Waals surface area (Å²) in [6.07, 6.45) is 57.9. The Bertz CT molecular complexity index is 1210. The van der Waals surface area contributed by atoms with Gasteiger partial charge in [0, 0.05) is 6.42 Å². The molecule has 0 aromatic rings. The Labute approximate surface area is 418 Å². The molecule has 9 heteroatoms. The summed E-state index contributed by atoms with van der Waals surface area (Å²) in [6.45, 7) is 3.73. The topological polar surface area (TPSA) is 149 Å².